The van der Waals surface area contributed by atoms with Crippen LogP contribution in [0.2, 0.25) is 0 Å². The van der Waals surface area contributed by atoms with Crippen LogP contribution in [0.1, 0.15) is 34.5 Å². The molecule has 4 heterocycles. The summed E-state index contributed by atoms with van der Waals surface area (Å²) in [5, 5.41) is 2.88. The minimum absolute atomic E-state index is 0.0632. The summed E-state index contributed by atoms with van der Waals surface area (Å²) < 4.78 is 6.08. The number of carbonyl (C=O) groups excluding carboxylic acids is 2. The maximum atomic E-state index is 12.8. The molecule has 1 N–H and O–H groups in total. The number of likely N-dealkylation sites (N-methyl/N-ethyl adjacent to an activating group) is 2. The minimum Gasteiger partial charge on any atom is -0.486 e. The summed E-state index contributed by atoms with van der Waals surface area (Å²) >= 11 is 0. The second kappa shape index (κ2) is 8.24. The van der Waals surface area contributed by atoms with Crippen LogP contribution in [-0.2, 0) is 9.53 Å². The summed E-state index contributed by atoms with van der Waals surface area (Å²) in [6.45, 7) is 1.89. The van der Waals surface area contributed by atoms with Crippen LogP contribution in [0, 0.1) is 0 Å². The standard InChI is InChI=1S/C25H26N4O3/c1-28-12-11-17(15-28)29(2)25(31)22-9-7-16(14-26-22)23-10-8-18(32-23)13-20-19-5-3-4-6-21(19)27-24(20)30/h3-7,9-10,13-14,17-18H,8,11-12,15H2,1-2H3,(H,27,30)/b20-13+. The van der Waals surface area contributed by atoms with Crippen LogP contribution >= 0.6 is 0 Å². The summed E-state index contributed by atoms with van der Waals surface area (Å²) in [6, 6.07) is 11.5. The maximum absolute atomic E-state index is 12.8. The molecule has 2 aromatic rings. The van der Waals surface area contributed by atoms with E-state index in [2.05, 4.69) is 22.2 Å². The molecular formula is C25H26N4O3. The van der Waals surface area contributed by atoms with Gasteiger partial charge in [-0.1, -0.05) is 18.2 Å². The topological polar surface area (TPSA) is 74.8 Å². The largest absolute Gasteiger partial charge is 0.486 e. The van der Waals surface area contributed by atoms with Crippen molar-refractivity contribution in [2.45, 2.75) is 25.0 Å². The molecule has 3 aliphatic heterocycles. The second-order valence-corrected chi connectivity index (χ2v) is 8.59. The van der Waals surface area contributed by atoms with E-state index >= 15 is 0 Å². The summed E-state index contributed by atoms with van der Waals surface area (Å²) in [6.07, 6.45) is 7.00. The Labute approximate surface area is 187 Å². The van der Waals surface area contributed by atoms with Crippen molar-refractivity contribution in [3.63, 3.8) is 0 Å². The summed E-state index contributed by atoms with van der Waals surface area (Å²) in [5.41, 5.74) is 3.62. The minimum atomic E-state index is -0.219. The Kier molecular flexibility index (Phi) is 5.27. The highest BCUT2D eigenvalue weighted by atomic mass is 16.5. The summed E-state index contributed by atoms with van der Waals surface area (Å²) in [7, 11) is 3.92. The fraction of sp³-hybridized carbons (Fsp3) is 0.320. The molecule has 7 heteroatoms. The lowest BCUT2D eigenvalue weighted by molar-refractivity contribution is -0.110. The van der Waals surface area contributed by atoms with Crippen LogP contribution < -0.4 is 5.32 Å². The van der Waals surface area contributed by atoms with Gasteiger partial charge >= 0.3 is 0 Å². The molecule has 0 bridgehead atoms. The zero-order valence-corrected chi connectivity index (χ0v) is 18.2. The molecule has 2 unspecified atom stereocenters. The molecule has 0 saturated carbocycles. The van der Waals surface area contributed by atoms with Gasteiger partial charge in [0.15, 0.2) is 0 Å². The van der Waals surface area contributed by atoms with Crippen LogP contribution in [0.15, 0.2) is 54.7 Å². The zero-order chi connectivity index (χ0) is 22.2. The van der Waals surface area contributed by atoms with Crippen molar-refractivity contribution in [1.82, 2.24) is 14.8 Å². The number of pyridine rings is 1. The molecule has 0 aliphatic carbocycles. The Hall–Kier alpha value is -3.45. The van der Waals surface area contributed by atoms with E-state index in [0.717, 1.165) is 42.1 Å². The maximum Gasteiger partial charge on any atom is 0.272 e. The van der Waals surface area contributed by atoms with Gasteiger partial charge in [0.25, 0.3) is 11.8 Å². The second-order valence-electron chi connectivity index (χ2n) is 8.59. The van der Waals surface area contributed by atoms with Gasteiger partial charge in [0.1, 0.15) is 17.6 Å². The molecule has 1 fully saturated rings. The van der Waals surface area contributed by atoms with Gasteiger partial charge in [-0.3, -0.25) is 14.6 Å². The first-order valence-electron chi connectivity index (χ1n) is 10.9. The molecule has 0 spiro atoms. The number of benzene rings is 1. The van der Waals surface area contributed by atoms with Crippen molar-refractivity contribution in [3.8, 4) is 0 Å². The SMILES string of the molecule is CN1CCC(N(C)C(=O)c2ccc(C3=CCC(/C=C4/C(=O)Nc5ccccc54)O3)cn2)C1. The highest BCUT2D eigenvalue weighted by Gasteiger charge is 2.29. The molecule has 0 radical (unpaired) electrons. The van der Waals surface area contributed by atoms with E-state index in [1.807, 2.05) is 49.5 Å². The number of para-hydroxylation sites is 1. The highest BCUT2D eigenvalue weighted by Crippen LogP contribution is 2.34. The predicted octanol–water partition coefficient (Wildman–Crippen LogP) is 3.02. The number of nitrogens with one attached hydrogen (secondary N) is 1. The number of fused-ring (bicyclic) bond motifs is 1. The lowest BCUT2D eigenvalue weighted by Crippen LogP contribution is -2.38. The van der Waals surface area contributed by atoms with Crippen molar-refractivity contribution in [3.05, 3.63) is 71.6 Å². The highest BCUT2D eigenvalue weighted by molar-refractivity contribution is 6.31. The van der Waals surface area contributed by atoms with Crippen LogP contribution in [0.25, 0.3) is 11.3 Å². The third-order valence-corrected chi connectivity index (χ3v) is 6.38. The van der Waals surface area contributed by atoms with E-state index in [-0.39, 0.29) is 24.0 Å². The van der Waals surface area contributed by atoms with E-state index < -0.39 is 0 Å². The fourth-order valence-electron chi connectivity index (χ4n) is 4.50. The number of ether oxygens (including phenoxy) is 1. The van der Waals surface area contributed by atoms with Crippen LogP contribution in [0.5, 0.6) is 0 Å². The number of hydrogen-bond donors (Lipinski definition) is 1. The number of amides is 2. The fourth-order valence-corrected chi connectivity index (χ4v) is 4.50. The van der Waals surface area contributed by atoms with Gasteiger partial charge in [-0.2, -0.15) is 0 Å². The van der Waals surface area contributed by atoms with Crippen LogP contribution in [-0.4, -0.2) is 65.9 Å². The Balaban J connectivity index is 1.25. The van der Waals surface area contributed by atoms with Crippen LogP contribution in [0.4, 0.5) is 5.69 Å². The number of likely N-dealkylation sites (tertiary alicyclic amines) is 1. The molecule has 1 aromatic carbocycles. The van der Waals surface area contributed by atoms with E-state index in [9.17, 15) is 9.59 Å². The van der Waals surface area contributed by atoms with E-state index in [0.29, 0.717) is 17.7 Å². The van der Waals surface area contributed by atoms with Crippen molar-refractivity contribution in [1.29, 1.82) is 0 Å². The number of aromatic nitrogens is 1. The van der Waals surface area contributed by atoms with E-state index in [1.165, 1.54) is 0 Å². The first kappa shape index (κ1) is 20.5. The lowest BCUT2D eigenvalue weighted by Gasteiger charge is -2.24. The molecule has 164 valence electrons. The molecule has 2 amide bonds. The van der Waals surface area contributed by atoms with Gasteiger partial charge in [-0.15, -0.1) is 0 Å². The Morgan fingerprint density at radius 2 is 2.12 bits per heavy atom. The first-order chi connectivity index (χ1) is 15.5. The number of anilines is 1. The van der Waals surface area contributed by atoms with Gasteiger partial charge in [0, 0.05) is 54.6 Å². The van der Waals surface area contributed by atoms with Crippen molar-refractivity contribution < 1.29 is 14.3 Å². The normalized spacial score (nSPS) is 23.6. The molecular weight excluding hydrogens is 404 g/mol. The molecule has 5 rings (SSSR count). The van der Waals surface area contributed by atoms with Crippen molar-refractivity contribution >= 4 is 28.8 Å². The molecule has 7 nitrogen and oxygen atoms in total. The number of carbonyl (C=O) groups is 2. The summed E-state index contributed by atoms with van der Waals surface area (Å²) in [4.78, 5) is 33.6. The van der Waals surface area contributed by atoms with Gasteiger partial charge in [0.2, 0.25) is 0 Å². The third-order valence-electron chi connectivity index (χ3n) is 6.38. The first-order valence-corrected chi connectivity index (χ1v) is 10.9. The quantitative estimate of drug-likeness (QED) is 0.755. The van der Waals surface area contributed by atoms with Crippen molar-refractivity contribution in [2.75, 3.05) is 32.5 Å². The average Bonchev–Trinajstić information content (AvgIpc) is 3.53. The summed E-state index contributed by atoms with van der Waals surface area (Å²) in [5.74, 6) is 0.549. The number of nitrogens with zero attached hydrogens (tertiary/aromatic N) is 3. The van der Waals surface area contributed by atoms with E-state index in [1.54, 1.807) is 17.2 Å². The smallest absolute Gasteiger partial charge is 0.272 e. The van der Waals surface area contributed by atoms with Gasteiger partial charge in [-0.05, 0) is 50.4 Å². The third kappa shape index (κ3) is 3.80. The molecule has 2 atom stereocenters. The van der Waals surface area contributed by atoms with E-state index in [4.69, 9.17) is 4.74 Å². The average molecular weight is 431 g/mol. The lowest BCUT2D eigenvalue weighted by atomic mass is 10.0. The van der Waals surface area contributed by atoms with Gasteiger partial charge in [-0.25, -0.2) is 0 Å². The Bertz CT molecular complexity index is 1120. The molecule has 1 saturated heterocycles. The zero-order valence-electron chi connectivity index (χ0n) is 18.2. The van der Waals surface area contributed by atoms with Gasteiger partial charge < -0.3 is 19.9 Å². The Morgan fingerprint density at radius 3 is 2.88 bits per heavy atom. The predicted molar refractivity (Wildman–Crippen MR) is 123 cm³/mol. The Morgan fingerprint density at radius 1 is 1.28 bits per heavy atom. The number of hydrogen-bond acceptors (Lipinski definition) is 5. The molecule has 3 aliphatic rings. The van der Waals surface area contributed by atoms with Crippen molar-refractivity contribution in [2.24, 2.45) is 0 Å². The van der Waals surface area contributed by atoms with Gasteiger partial charge in [0.05, 0.1) is 0 Å². The molecule has 32 heavy (non-hydrogen) atoms. The monoisotopic (exact) mass is 430 g/mol. The molecule has 1 aromatic heterocycles. The number of rotatable bonds is 4. The van der Waals surface area contributed by atoms with Crippen LogP contribution in [0.3, 0.4) is 0 Å².